The number of rotatable bonds is 2. The summed E-state index contributed by atoms with van der Waals surface area (Å²) in [5.41, 5.74) is 4.93. The van der Waals surface area contributed by atoms with Crippen LogP contribution in [-0.4, -0.2) is 19.0 Å². The molecule has 0 aromatic heterocycles. The zero-order valence-electron chi connectivity index (χ0n) is 6.55. The van der Waals surface area contributed by atoms with E-state index >= 15 is 0 Å². The average molecular weight is 152 g/mol. The smallest absolute Gasteiger partial charge is 0.234 e. The first-order valence-electron chi connectivity index (χ1n) is 3.00. The standard InChI is InChI=1S/C5H8N2O.C3H4/c1-2-3-7-5(8)4-6;1-3-2/h1H,3-4,6H2,(H,7,8);1H,2H3. The molecule has 3 heteroatoms. The summed E-state index contributed by atoms with van der Waals surface area (Å²) in [6.07, 6.45) is 9.42. The van der Waals surface area contributed by atoms with E-state index in [-0.39, 0.29) is 19.0 Å². The highest BCUT2D eigenvalue weighted by atomic mass is 16.1. The van der Waals surface area contributed by atoms with Gasteiger partial charge in [-0.1, -0.05) is 5.92 Å². The number of terminal acetylenes is 2. The van der Waals surface area contributed by atoms with Gasteiger partial charge in [-0.2, -0.15) is 0 Å². The normalized spacial score (nSPS) is 6.18. The molecule has 0 aliphatic rings. The van der Waals surface area contributed by atoms with E-state index in [1.165, 1.54) is 0 Å². The zero-order valence-corrected chi connectivity index (χ0v) is 6.55. The first-order valence-corrected chi connectivity index (χ1v) is 3.00. The van der Waals surface area contributed by atoms with Crippen LogP contribution in [0.3, 0.4) is 0 Å². The minimum atomic E-state index is -0.219. The molecule has 0 radical (unpaired) electrons. The number of hydrogen-bond donors (Lipinski definition) is 2. The summed E-state index contributed by atoms with van der Waals surface area (Å²) in [5, 5.41) is 2.38. The molecule has 3 N–H and O–H groups in total. The van der Waals surface area contributed by atoms with E-state index in [2.05, 4.69) is 23.6 Å². The average Bonchev–Trinajstić information content (AvgIpc) is 2.02. The van der Waals surface area contributed by atoms with E-state index in [0.29, 0.717) is 0 Å². The molecular weight excluding hydrogens is 140 g/mol. The van der Waals surface area contributed by atoms with Crippen molar-refractivity contribution in [1.29, 1.82) is 0 Å². The van der Waals surface area contributed by atoms with Crippen molar-refractivity contribution in [3.63, 3.8) is 0 Å². The van der Waals surface area contributed by atoms with Crippen molar-refractivity contribution in [3.8, 4) is 24.7 Å². The number of carbonyl (C=O) groups is 1. The van der Waals surface area contributed by atoms with Gasteiger partial charge in [0, 0.05) is 0 Å². The molecule has 0 unspecified atom stereocenters. The molecule has 1 amide bonds. The van der Waals surface area contributed by atoms with Crippen molar-refractivity contribution in [2.75, 3.05) is 13.1 Å². The van der Waals surface area contributed by atoms with Crippen molar-refractivity contribution < 1.29 is 4.79 Å². The third kappa shape index (κ3) is 17.7. The van der Waals surface area contributed by atoms with Crippen LogP contribution in [0.1, 0.15) is 6.92 Å². The Bertz CT molecular complexity index is 174. The molecule has 0 rings (SSSR count). The summed E-state index contributed by atoms with van der Waals surface area (Å²) in [4.78, 5) is 10.2. The molecule has 0 aromatic carbocycles. The molecule has 60 valence electrons. The largest absolute Gasteiger partial charge is 0.344 e. The van der Waals surface area contributed by atoms with Gasteiger partial charge in [0.2, 0.25) is 5.91 Å². The van der Waals surface area contributed by atoms with Crippen molar-refractivity contribution >= 4 is 5.91 Å². The molecule has 0 atom stereocenters. The van der Waals surface area contributed by atoms with Gasteiger partial charge in [-0.3, -0.25) is 4.79 Å². The molecule has 0 aliphatic heterocycles. The van der Waals surface area contributed by atoms with Crippen molar-refractivity contribution in [1.82, 2.24) is 5.32 Å². The van der Waals surface area contributed by atoms with E-state index in [1.54, 1.807) is 6.92 Å². The number of carbonyl (C=O) groups excluding carboxylic acids is 1. The number of hydrogen-bond acceptors (Lipinski definition) is 2. The van der Waals surface area contributed by atoms with Crippen LogP contribution in [0.2, 0.25) is 0 Å². The molecule has 0 bridgehead atoms. The van der Waals surface area contributed by atoms with Crippen LogP contribution in [0.15, 0.2) is 0 Å². The van der Waals surface area contributed by atoms with Crippen LogP contribution < -0.4 is 11.1 Å². The lowest BCUT2D eigenvalue weighted by atomic mass is 10.5. The van der Waals surface area contributed by atoms with Crippen LogP contribution in [-0.2, 0) is 4.79 Å². The minimum Gasteiger partial charge on any atom is -0.344 e. The Morgan fingerprint density at radius 2 is 2.09 bits per heavy atom. The maximum absolute atomic E-state index is 10.2. The second kappa shape index (κ2) is 11.4. The minimum absolute atomic E-state index is 0.00167. The highest BCUT2D eigenvalue weighted by Crippen LogP contribution is 1.55. The van der Waals surface area contributed by atoms with Crippen molar-refractivity contribution in [2.45, 2.75) is 6.92 Å². The molecule has 3 nitrogen and oxygen atoms in total. The van der Waals surface area contributed by atoms with E-state index in [1.807, 2.05) is 0 Å². The predicted molar refractivity (Wildman–Crippen MR) is 45.4 cm³/mol. The third-order valence-corrected chi connectivity index (χ3v) is 0.573. The van der Waals surface area contributed by atoms with Crippen molar-refractivity contribution in [2.24, 2.45) is 5.73 Å². The summed E-state index contributed by atoms with van der Waals surface area (Å²) in [5.74, 6) is 4.28. The molecular formula is C8H12N2O. The summed E-state index contributed by atoms with van der Waals surface area (Å²) in [7, 11) is 0. The fraction of sp³-hybridized carbons (Fsp3) is 0.375. The van der Waals surface area contributed by atoms with Gasteiger partial charge in [-0.05, 0) is 6.92 Å². The Hall–Kier alpha value is -1.45. The molecule has 0 saturated carbocycles. The van der Waals surface area contributed by atoms with Gasteiger partial charge in [0.25, 0.3) is 0 Å². The topological polar surface area (TPSA) is 55.1 Å². The predicted octanol–water partition coefficient (Wildman–Crippen LogP) is -0.666. The lowest BCUT2D eigenvalue weighted by Gasteiger charge is -1.93. The fourth-order valence-corrected chi connectivity index (χ4v) is 0.222. The molecule has 0 spiro atoms. The molecule has 0 heterocycles. The second-order valence-electron chi connectivity index (χ2n) is 1.47. The summed E-state index contributed by atoms with van der Waals surface area (Å²) >= 11 is 0. The van der Waals surface area contributed by atoms with E-state index in [9.17, 15) is 4.79 Å². The van der Waals surface area contributed by atoms with E-state index in [0.717, 1.165) is 0 Å². The second-order valence-corrected chi connectivity index (χ2v) is 1.47. The van der Waals surface area contributed by atoms with E-state index < -0.39 is 0 Å². The van der Waals surface area contributed by atoms with Gasteiger partial charge < -0.3 is 11.1 Å². The summed E-state index contributed by atoms with van der Waals surface area (Å²) < 4.78 is 0. The Kier molecular flexibility index (Phi) is 12.6. The van der Waals surface area contributed by atoms with Crippen LogP contribution in [0.25, 0.3) is 0 Å². The Balaban J connectivity index is 0. The lowest BCUT2D eigenvalue weighted by Crippen LogP contribution is -2.30. The maximum Gasteiger partial charge on any atom is 0.234 e. The Morgan fingerprint density at radius 1 is 1.64 bits per heavy atom. The van der Waals surface area contributed by atoms with Gasteiger partial charge in [0.1, 0.15) is 0 Å². The SMILES string of the molecule is C#CC.C#CCNC(=O)CN. The van der Waals surface area contributed by atoms with Crippen LogP contribution in [0.5, 0.6) is 0 Å². The number of amides is 1. The molecule has 0 fully saturated rings. The van der Waals surface area contributed by atoms with Gasteiger partial charge in [-0.15, -0.1) is 18.8 Å². The highest BCUT2D eigenvalue weighted by Gasteiger charge is 1.89. The van der Waals surface area contributed by atoms with Gasteiger partial charge >= 0.3 is 0 Å². The number of nitrogens with two attached hydrogens (primary N) is 1. The summed E-state index contributed by atoms with van der Waals surface area (Å²) in [6.45, 7) is 1.91. The van der Waals surface area contributed by atoms with Crippen molar-refractivity contribution in [3.05, 3.63) is 0 Å². The molecule has 0 aromatic rings. The zero-order chi connectivity index (χ0) is 9.11. The van der Waals surface area contributed by atoms with Crippen LogP contribution in [0.4, 0.5) is 0 Å². The van der Waals surface area contributed by atoms with Gasteiger partial charge in [0.15, 0.2) is 0 Å². The molecule has 0 saturated heterocycles. The highest BCUT2D eigenvalue weighted by molar-refractivity contribution is 5.77. The number of nitrogens with one attached hydrogen (secondary N) is 1. The van der Waals surface area contributed by atoms with Gasteiger partial charge in [-0.25, -0.2) is 0 Å². The lowest BCUT2D eigenvalue weighted by molar-refractivity contribution is -0.119. The maximum atomic E-state index is 10.2. The Labute approximate surface area is 67.3 Å². The van der Waals surface area contributed by atoms with Crippen LogP contribution >= 0.6 is 0 Å². The van der Waals surface area contributed by atoms with Gasteiger partial charge in [0.05, 0.1) is 13.1 Å². The first kappa shape index (κ1) is 12.2. The Morgan fingerprint density at radius 3 is 2.36 bits per heavy atom. The fourth-order valence-electron chi connectivity index (χ4n) is 0.222. The monoisotopic (exact) mass is 152 g/mol. The molecule has 11 heavy (non-hydrogen) atoms. The third-order valence-electron chi connectivity index (χ3n) is 0.573. The first-order chi connectivity index (χ1) is 5.22. The van der Waals surface area contributed by atoms with Crippen LogP contribution in [0, 0.1) is 24.7 Å². The van der Waals surface area contributed by atoms with E-state index in [4.69, 9.17) is 12.2 Å². The quantitative estimate of drug-likeness (QED) is 0.516. The molecule has 0 aliphatic carbocycles. The summed E-state index contributed by atoms with van der Waals surface area (Å²) in [6, 6.07) is 0.